The zero-order valence-electron chi connectivity index (χ0n) is 8.50. The summed E-state index contributed by atoms with van der Waals surface area (Å²) in [5, 5.41) is 7.40. The summed E-state index contributed by atoms with van der Waals surface area (Å²) < 4.78 is 5.21. The molecule has 0 aliphatic heterocycles. The molecule has 0 amide bonds. The van der Waals surface area contributed by atoms with Crippen molar-refractivity contribution in [1.29, 1.82) is 0 Å². The first-order chi connectivity index (χ1) is 7.74. The number of ether oxygens (including phenoxy) is 1. The van der Waals surface area contributed by atoms with Crippen LogP contribution in [-0.4, -0.2) is 22.3 Å². The van der Waals surface area contributed by atoms with Crippen molar-refractivity contribution >= 4 is 23.2 Å². The summed E-state index contributed by atoms with van der Waals surface area (Å²) in [5.74, 6) is 2.09. The van der Waals surface area contributed by atoms with Crippen LogP contribution in [-0.2, 0) is 5.88 Å². The van der Waals surface area contributed by atoms with E-state index in [-0.39, 0.29) is 0 Å². The molecule has 1 N–H and O–H groups in total. The molecule has 0 radical (unpaired) electrons. The van der Waals surface area contributed by atoms with Crippen molar-refractivity contribution in [2.45, 2.75) is 5.88 Å². The van der Waals surface area contributed by atoms with Crippen LogP contribution in [0.1, 0.15) is 5.82 Å². The van der Waals surface area contributed by atoms with E-state index in [1.807, 2.05) is 6.07 Å². The number of rotatable bonds is 3. The number of aromatic nitrogens is 3. The van der Waals surface area contributed by atoms with Gasteiger partial charge in [0.2, 0.25) is 0 Å². The maximum absolute atomic E-state index is 5.87. The van der Waals surface area contributed by atoms with E-state index in [9.17, 15) is 0 Å². The highest BCUT2D eigenvalue weighted by Gasteiger charge is 2.11. The van der Waals surface area contributed by atoms with Gasteiger partial charge in [-0.25, -0.2) is 4.98 Å². The highest BCUT2D eigenvalue weighted by atomic mass is 35.5. The minimum atomic E-state index is 0.295. The van der Waals surface area contributed by atoms with Crippen LogP contribution in [0.4, 0.5) is 0 Å². The second-order valence-corrected chi connectivity index (χ2v) is 3.79. The molecule has 0 atom stereocenters. The van der Waals surface area contributed by atoms with Crippen LogP contribution < -0.4 is 4.74 Å². The quantitative estimate of drug-likeness (QED) is 0.861. The zero-order chi connectivity index (χ0) is 11.5. The Hall–Kier alpha value is -1.26. The molecule has 0 spiro atoms. The monoisotopic (exact) mass is 257 g/mol. The highest BCUT2D eigenvalue weighted by molar-refractivity contribution is 6.30. The number of benzene rings is 1. The summed E-state index contributed by atoms with van der Waals surface area (Å²) in [7, 11) is 1.57. The molecule has 4 nitrogen and oxygen atoms in total. The largest absolute Gasteiger partial charge is 0.496 e. The van der Waals surface area contributed by atoms with E-state index in [2.05, 4.69) is 15.2 Å². The fourth-order valence-electron chi connectivity index (χ4n) is 1.33. The molecule has 1 aromatic carbocycles. The van der Waals surface area contributed by atoms with E-state index in [4.69, 9.17) is 27.9 Å². The van der Waals surface area contributed by atoms with Crippen LogP contribution in [0.3, 0.4) is 0 Å². The van der Waals surface area contributed by atoms with E-state index < -0.39 is 0 Å². The van der Waals surface area contributed by atoms with Gasteiger partial charge in [-0.15, -0.1) is 11.6 Å². The van der Waals surface area contributed by atoms with Crippen molar-refractivity contribution in [3.63, 3.8) is 0 Å². The van der Waals surface area contributed by atoms with Crippen molar-refractivity contribution in [1.82, 2.24) is 15.2 Å². The van der Waals surface area contributed by atoms with Gasteiger partial charge in [-0.05, 0) is 18.2 Å². The van der Waals surface area contributed by atoms with Crippen LogP contribution in [0.2, 0.25) is 5.02 Å². The Morgan fingerprint density at radius 2 is 2.25 bits per heavy atom. The number of alkyl halides is 1. The summed E-state index contributed by atoms with van der Waals surface area (Å²) in [6.45, 7) is 0. The molecular weight excluding hydrogens is 249 g/mol. The third-order valence-electron chi connectivity index (χ3n) is 2.06. The number of nitrogens with one attached hydrogen (secondary N) is 1. The summed E-state index contributed by atoms with van der Waals surface area (Å²) in [4.78, 5) is 4.22. The molecule has 1 aromatic heterocycles. The predicted molar refractivity (Wildman–Crippen MR) is 62.9 cm³/mol. The summed E-state index contributed by atoms with van der Waals surface area (Å²) in [5.41, 5.74) is 0.777. The summed E-state index contributed by atoms with van der Waals surface area (Å²) >= 11 is 11.5. The van der Waals surface area contributed by atoms with Gasteiger partial charge in [-0.2, -0.15) is 5.10 Å². The van der Waals surface area contributed by atoms with Crippen LogP contribution in [0.15, 0.2) is 18.2 Å². The first kappa shape index (κ1) is 11.2. The van der Waals surface area contributed by atoms with Crippen LogP contribution >= 0.6 is 23.2 Å². The van der Waals surface area contributed by atoms with Gasteiger partial charge >= 0.3 is 0 Å². The average Bonchev–Trinajstić information content (AvgIpc) is 2.77. The van der Waals surface area contributed by atoms with E-state index >= 15 is 0 Å². The Kier molecular flexibility index (Phi) is 3.31. The zero-order valence-corrected chi connectivity index (χ0v) is 10.0. The van der Waals surface area contributed by atoms with Crippen molar-refractivity contribution in [3.8, 4) is 17.1 Å². The number of H-pyrrole nitrogens is 1. The predicted octanol–water partition coefficient (Wildman–Crippen LogP) is 2.87. The number of methoxy groups -OCH3 is 1. The maximum Gasteiger partial charge on any atom is 0.184 e. The Labute approximate surface area is 103 Å². The van der Waals surface area contributed by atoms with Crippen LogP contribution in [0, 0.1) is 0 Å². The molecule has 0 saturated carbocycles. The number of nitrogens with zero attached hydrogens (tertiary/aromatic N) is 2. The van der Waals surface area contributed by atoms with Gasteiger partial charge in [0.1, 0.15) is 11.6 Å². The first-order valence-corrected chi connectivity index (χ1v) is 5.47. The van der Waals surface area contributed by atoms with Crippen molar-refractivity contribution in [2.24, 2.45) is 0 Å². The minimum Gasteiger partial charge on any atom is -0.496 e. The Bertz CT molecular complexity index is 499. The van der Waals surface area contributed by atoms with Crippen molar-refractivity contribution in [3.05, 3.63) is 29.0 Å². The van der Waals surface area contributed by atoms with E-state index in [1.54, 1.807) is 19.2 Å². The van der Waals surface area contributed by atoms with Crippen LogP contribution in [0.5, 0.6) is 5.75 Å². The SMILES string of the molecule is COc1cc(Cl)ccc1-c1n[nH]c(CCl)n1. The number of aromatic amines is 1. The molecule has 16 heavy (non-hydrogen) atoms. The summed E-state index contributed by atoms with van der Waals surface area (Å²) in [6.07, 6.45) is 0. The molecule has 0 aliphatic rings. The smallest absolute Gasteiger partial charge is 0.184 e. The first-order valence-electron chi connectivity index (χ1n) is 4.55. The molecule has 0 fully saturated rings. The van der Waals surface area contributed by atoms with Gasteiger partial charge in [-0.3, -0.25) is 5.10 Å². The van der Waals surface area contributed by atoms with Crippen molar-refractivity contribution in [2.75, 3.05) is 7.11 Å². The molecular formula is C10H9Cl2N3O. The molecule has 6 heteroatoms. The average molecular weight is 258 g/mol. The molecule has 2 rings (SSSR count). The van der Waals surface area contributed by atoms with Crippen molar-refractivity contribution < 1.29 is 4.74 Å². The minimum absolute atomic E-state index is 0.295. The van der Waals surface area contributed by atoms with E-state index in [0.29, 0.717) is 28.3 Å². The molecule has 84 valence electrons. The second-order valence-electron chi connectivity index (χ2n) is 3.08. The van der Waals surface area contributed by atoms with Gasteiger partial charge in [0, 0.05) is 5.02 Å². The highest BCUT2D eigenvalue weighted by Crippen LogP contribution is 2.30. The molecule has 0 saturated heterocycles. The fourth-order valence-corrected chi connectivity index (χ4v) is 1.61. The lowest BCUT2D eigenvalue weighted by molar-refractivity contribution is 0.416. The lowest BCUT2D eigenvalue weighted by Crippen LogP contribution is -1.89. The van der Waals surface area contributed by atoms with E-state index in [1.165, 1.54) is 0 Å². The molecule has 0 bridgehead atoms. The fraction of sp³-hybridized carbons (Fsp3) is 0.200. The topological polar surface area (TPSA) is 50.8 Å². The lowest BCUT2D eigenvalue weighted by Gasteiger charge is -2.05. The summed E-state index contributed by atoms with van der Waals surface area (Å²) in [6, 6.07) is 5.28. The molecule has 2 aromatic rings. The number of hydrogen-bond acceptors (Lipinski definition) is 3. The van der Waals surface area contributed by atoms with Gasteiger partial charge in [0.05, 0.1) is 18.6 Å². The third kappa shape index (κ3) is 2.13. The molecule has 1 heterocycles. The molecule has 0 unspecified atom stereocenters. The van der Waals surface area contributed by atoms with Gasteiger partial charge in [0.15, 0.2) is 5.82 Å². The van der Waals surface area contributed by atoms with Gasteiger partial charge in [-0.1, -0.05) is 11.6 Å². The van der Waals surface area contributed by atoms with Gasteiger partial charge < -0.3 is 4.74 Å². The Morgan fingerprint density at radius 1 is 1.44 bits per heavy atom. The van der Waals surface area contributed by atoms with E-state index in [0.717, 1.165) is 5.56 Å². The Morgan fingerprint density at radius 3 is 2.88 bits per heavy atom. The standard InChI is InChI=1S/C10H9Cl2N3O/c1-16-8-4-6(12)2-3-7(8)10-13-9(5-11)14-15-10/h2-4H,5H2,1H3,(H,13,14,15). The van der Waals surface area contributed by atoms with Gasteiger partial charge in [0.25, 0.3) is 0 Å². The Balaban J connectivity index is 2.46. The van der Waals surface area contributed by atoms with Crippen LogP contribution in [0.25, 0.3) is 11.4 Å². The lowest BCUT2D eigenvalue weighted by atomic mass is 10.2. The normalized spacial score (nSPS) is 10.4. The number of halogens is 2. The maximum atomic E-state index is 5.87. The second kappa shape index (κ2) is 4.72. The molecule has 0 aliphatic carbocycles. The number of hydrogen-bond donors (Lipinski definition) is 1. The third-order valence-corrected chi connectivity index (χ3v) is 2.55.